The van der Waals surface area contributed by atoms with Crippen LogP contribution in [0.25, 0.3) is 0 Å². The smallest absolute Gasteiger partial charge is 0.267 e. The molecule has 6 heteroatoms. The average Bonchev–Trinajstić information content (AvgIpc) is 2.96. The molecule has 1 aromatic rings. The summed E-state index contributed by atoms with van der Waals surface area (Å²) >= 11 is 0. The minimum atomic E-state index is -0.550. The summed E-state index contributed by atoms with van der Waals surface area (Å²) < 4.78 is 0. The number of carbonyl (C=O) groups is 2. The van der Waals surface area contributed by atoms with Gasteiger partial charge in [0.25, 0.3) is 5.91 Å². The summed E-state index contributed by atoms with van der Waals surface area (Å²) in [4.78, 5) is 25.6. The number of aromatic amines is 1. The van der Waals surface area contributed by atoms with Gasteiger partial charge in [-0.15, -0.1) is 0 Å². The normalized spacial score (nSPS) is 22.9. The van der Waals surface area contributed by atoms with Crippen LogP contribution in [0.5, 0.6) is 0 Å². The Bertz CT molecular complexity index is 455. The summed E-state index contributed by atoms with van der Waals surface area (Å²) in [7, 11) is 0. The Labute approximate surface area is 105 Å². The van der Waals surface area contributed by atoms with E-state index in [0.29, 0.717) is 23.7 Å². The van der Waals surface area contributed by atoms with Crippen LogP contribution < -0.4 is 16.8 Å². The lowest BCUT2D eigenvalue weighted by Gasteiger charge is -2.18. The lowest BCUT2D eigenvalue weighted by atomic mass is 10.0. The summed E-state index contributed by atoms with van der Waals surface area (Å²) in [6.45, 7) is 0.586. The van der Waals surface area contributed by atoms with Crippen molar-refractivity contribution in [2.75, 3.05) is 6.54 Å². The molecule has 0 aliphatic heterocycles. The van der Waals surface area contributed by atoms with E-state index in [1.807, 2.05) is 0 Å². The van der Waals surface area contributed by atoms with E-state index in [-0.39, 0.29) is 11.9 Å². The number of carbonyl (C=O) groups excluding carboxylic acids is 2. The van der Waals surface area contributed by atoms with Crippen LogP contribution in [0, 0.1) is 5.92 Å². The zero-order chi connectivity index (χ0) is 13.1. The van der Waals surface area contributed by atoms with Crippen molar-refractivity contribution in [2.24, 2.45) is 17.4 Å². The molecule has 0 spiro atoms. The van der Waals surface area contributed by atoms with Gasteiger partial charge >= 0.3 is 0 Å². The highest BCUT2D eigenvalue weighted by Crippen LogP contribution is 2.24. The van der Waals surface area contributed by atoms with Crippen molar-refractivity contribution in [1.29, 1.82) is 0 Å². The van der Waals surface area contributed by atoms with E-state index in [1.165, 1.54) is 12.3 Å². The molecule has 1 heterocycles. The van der Waals surface area contributed by atoms with Gasteiger partial charge in [0.1, 0.15) is 5.69 Å². The molecular formula is C12H18N4O2. The van der Waals surface area contributed by atoms with Crippen LogP contribution in [-0.2, 0) is 0 Å². The van der Waals surface area contributed by atoms with Gasteiger partial charge in [0.15, 0.2) is 0 Å². The van der Waals surface area contributed by atoms with Gasteiger partial charge in [-0.05, 0) is 31.4 Å². The van der Waals surface area contributed by atoms with Crippen molar-refractivity contribution >= 4 is 11.8 Å². The Balaban J connectivity index is 2.00. The monoisotopic (exact) mass is 250 g/mol. The minimum Gasteiger partial charge on any atom is -0.366 e. The summed E-state index contributed by atoms with van der Waals surface area (Å²) in [6.07, 6.45) is 4.53. The molecule has 98 valence electrons. The van der Waals surface area contributed by atoms with E-state index in [1.54, 1.807) is 0 Å². The molecule has 2 unspecified atom stereocenters. The molecule has 0 aromatic carbocycles. The Morgan fingerprint density at radius 1 is 1.44 bits per heavy atom. The fraction of sp³-hybridized carbons (Fsp3) is 0.500. The second-order valence-corrected chi connectivity index (χ2v) is 4.67. The van der Waals surface area contributed by atoms with Crippen LogP contribution in [-0.4, -0.2) is 29.4 Å². The van der Waals surface area contributed by atoms with E-state index in [4.69, 9.17) is 11.5 Å². The number of hydrogen-bond acceptors (Lipinski definition) is 3. The predicted molar refractivity (Wildman–Crippen MR) is 67.0 cm³/mol. The number of aromatic nitrogens is 1. The first-order chi connectivity index (χ1) is 8.61. The van der Waals surface area contributed by atoms with E-state index in [0.717, 1.165) is 19.3 Å². The number of nitrogens with two attached hydrogens (primary N) is 2. The van der Waals surface area contributed by atoms with Crippen LogP contribution >= 0.6 is 0 Å². The second kappa shape index (κ2) is 5.22. The van der Waals surface area contributed by atoms with E-state index < -0.39 is 5.91 Å². The molecule has 1 aliphatic carbocycles. The molecule has 2 amide bonds. The van der Waals surface area contributed by atoms with Crippen molar-refractivity contribution in [3.05, 3.63) is 23.5 Å². The summed E-state index contributed by atoms with van der Waals surface area (Å²) in [5.41, 5.74) is 11.4. The first-order valence-electron chi connectivity index (χ1n) is 6.11. The third-order valence-corrected chi connectivity index (χ3v) is 3.49. The molecule has 0 saturated heterocycles. The zero-order valence-corrected chi connectivity index (χ0v) is 10.1. The molecule has 0 bridgehead atoms. The van der Waals surface area contributed by atoms with Crippen LogP contribution in [0.3, 0.4) is 0 Å². The quantitative estimate of drug-likeness (QED) is 0.601. The maximum absolute atomic E-state index is 12.0. The molecule has 18 heavy (non-hydrogen) atoms. The highest BCUT2D eigenvalue weighted by Gasteiger charge is 2.27. The van der Waals surface area contributed by atoms with E-state index >= 15 is 0 Å². The number of H-pyrrole nitrogens is 1. The van der Waals surface area contributed by atoms with Gasteiger partial charge in [-0.25, -0.2) is 0 Å². The van der Waals surface area contributed by atoms with Gasteiger partial charge in [-0.1, -0.05) is 6.42 Å². The van der Waals surface area contributed by atoms with Gasteiger partial charge in [0.2, 0.25) is 5.91 Å². The predicted octanol–water partition coefficient (Wildman–Crippen LogP) is -0.0292. The molecule has 1 aromatic heterocycles. The van der Waals surface area contributed by atoms with Crippen molar-refractivity contribution in [1.82, 2.24) is 10.3 Å². The summed E-state index contributed by atoms with van der Waals surface area (Å²) in [5, 5.41) is 2.95. The number of amides is 2. The van der Waals surface area contributed by atoms with Crippen molar-refractivity contribution in [3.8, 4) is 0 Å². The maximum atomic E-state index is 12.0. The fourth-order valence-electron chi connectivity index (χ4n) is 2.42. The molecule has 1 aliphatic rings. The first-order valence-corrected chi connectivity index (χ1v) is 6.11. The van der Waals surface area contributed by atoms with Gasteiger partial charge in [-0.3, -0.25) is 9.59 Å². The molecule has 2 atom stereocenters. The van der Waals surface area contributed by atoms with Gasteiger partial charge in [-0.2, -0.15) is 0 Å². The number of nitrogens with one attached hydrogen (secondary N) is 2. The Morgan fingerprint density at radius 3 is 2.83 bits per heavy atom. The number of primary amides is 1. The summed E-state index contributed by atoms with van der Waals surface area (Å²) in [5.74, 6) is -0.418. The molecule has 0 radical (unpaired) electrons. The van der Waals surface area contributed by atoms with E-state index in [2.05, 4.69) is 10.3 Å². The van der Waals surface area contributed by atoms with Gasteiger partial charge in [0.05, 0.1) is 5.56 Å². The van der Waals surface area contributed by atoms with Crippen molar-refractivity contribution in [3.63, 3.8) is 0 Å². The van der Waals surface area contributed by atoms with Gasteiger partial charge < -0.3 is 21.8 Å². The van der Waals surface area contributed by atoms with Crippen LogP contribution in [0.4, 0.5) is 0 Å². The van der Waals surface area contributed by atoms with Gasteiger partial charge in [0, 0.05) is 12.2 Å². The maximum Gasteiger partial charge on any atom is 0.267 e. The minimum absolute atomic E-state index is 0.128. The lowest BCUT2D eigenvalue weighted by molar-refractivity contribution is 0.0924. The zero-order valence-electron chi connectivity index (χ0n) is 10.1. The number of rotatable bonds is 4. The number of hydrogen-bond donors (Lipinski definition) is 4. The Morgan fingerprint density at radius 2 is 2.22 bits per heavy atom. The molecule has 6 N–H and O–H groups in total. The molecule has 2 rings (SSSR count). The third kappa shape index (κ3) is 2.53. The Hall–Kier alpha value is -1.82. The highest BCUT2D eigenvalue weighted by molar-refractivity contribution is 5.98. The fourth-order valence-corrected chi connectivity index (χ4v) is 2.42. The standard InChI is InChI=1S/C12H18N4O2/c13-5-7-2-1-3-9(7)16-12(18)10-4-8(6-15-10)11(14)17/h4,6-7,9,15H,1-3,5,13H2,(H2,14,17)(H,16,18). The molecule has 6 nitrogen and oxygen atoms in total. The average molecular weight is 250 g/mol. The van der Waals surface area contributed by atoms with Crippen molar-refractivity contribution in [2.45, 2.75) is 25.3 Å². The first kappa shape index (κ1) is 12.6. The summed E-state index contributed by atoms with van der Waals surface area (Å²) in [6, 6.07) is 1.59. The van der Waals surface area contributed by atoms with Crippen molar-refractivity contribution < 1.29 is 9.59 Å². The van der Waals surface area contributed by atoms with Crippen LogP contribution in [0.1, 0.15) is 40.1 Å². The molecule has 1 fully saturated rings. The highest BCUT2D eigenvalue weighted by atomic mass is 16.2. The second-order valence-electron chi connectivity index (χ2n) is 4.67. The van der Waals surface area contributed by atoms with Crippen LogP contribution in [0.15, 0.2) is 12.3 Å². The topological polar surface area (TPSA) is 114 Å². The third-order valence-electron chi connectivity index (χ3n) is 3.49. The molecular weight excluding hydrogens is 232 g/mol. The SMILES string of the molecule is NCC1CCCC1NC(=O)c1cc(C(N)=O)c[nH]1. The van der Waals surface area contributed by atoms with Crippen LogP contribution in [0.2, 0.25) is 0 Å². The van der Waals surface area contributed by atoms with E-state index in [9.17, 15) is 9.59 Å². The molecule has 1 saturated carbocycles. The largest absolute Gasteiger partial charge is 0.366 e. The Kier molecular flexibility index (Phi) is 3.66. The lowest BCUT2D eigenvalue weighted by Crippen LogP contribution is -2.40.